The molecule has 0 saturated carbocycles. The van der Waals surface area contributed by atoms with Gasteiger partial charge in [-0.2, -0.15) is 0 Å². The second-order valence-corrected chi connectivity index (χ2v) is 2.99. The third-order valence-corrected chi connectivity index (χ3v) is 1.49. The first kappa shape index (κ1) is 29.9. The molecular weight excluding hydrogens is 275 g/mol. The van der Waals surface area contributed by atoms with Gasteiger partial charge in [0.15, 0.2) is 0 Å². The maximum atomic E-state index is 9.76. The summed E-state index contributed by atoms with van der Waals surface area (Å²) < 4.78 is 0. The van der Waals surface area contributed by atoms with Crippen molar-refractivity contribution >= 4 is 11.9 Å². The summed E-state index contributed by atoms with van der Waals surface area (Å²) in [4.78, 5) is 19.5. The van der Waals surface area contributed by atoms with Crippen LogP contribution in [0.2, 0.25) is 0 Å². The minimum atomic E-state index is -0.693. The summed E-state index contributed by atoms with van der Waals surface area (Å²) in [6.07, 6.45) is 4.16. The molecular formula is C10H24NiO6. The molecule has 0 bridgehead atoms. The quantitative estimate of drug-likeness (QED) is 0.702. The van der Waals surface area contributed by atoms with E-state index < -0.39 is 11.9 Å². The molecule has 6 N–H and O–H groups in total. The fraction of sp³-hybridized carbons (Fsp3) is 0.800. The first-order valence-electron chi connectivity index (χ1n) is 4.98. The molecule has 6 nitrogen and oxygen atoms in total. The van der Waals surface area contributed by atoms with Gasteiger partial charge < -0.3 is 21.2 Å². The van der Waals surface area contributed by atoms with Gasteiger partial charge in [-0.1, -0.05) is 26.7 Å². The van der Waals surface area contributed by atoms with Crippen molar-refractivity contribution in [2.24, 2.45) is 0 Å². The third-order valence-electron chi connectivity index (χ3n) is 1.49. The second-order valence-electron chi connectivity index (χ2n) is 2.99. The topological polar surface area (TPSA) is 138 Å². The van der Waals surface area contributed by atoms with E-state index in [1.807, 2.05) is 13.8 Å². The smallest absolute Gasteiger partial charge is 0.303 e. The van der Waals surface area contributed by atoms with E-state index in [0.29, 0.717) is 12.8 Å². The summed E-state index contributed by atoms with van der Waals surface area (Å²) in [7, 11) is 0. The van der Waals surface area contributed by atoms with E-state index in [2.05, 4.69) is 0 Å². The normalized spacial score (nSPS) is 7.18. The van der Waals surface area contributed by atoms with Gasteiger partial charge in [-0.15, -0.1) is 0 Å². The molecule has 0 aliphatic heterocycles. The number of aliphatic carboxylic acids is 2. The maximum absolute atomic E-state index is 9.76. The first-order chi connectivity index (χ1) is 6.54. The molecule has 0 aromatic rings. The molecule has 0 rings (SSSR count). The molecule has 0 radical (unpaired) electrons. The van der Waals surface area contributed by atoms with Crippen molar-refractivity contribution in [2.45, 2.75) is 52.4 Å². The van der Waals surface area contributed by atoms with Crippen molar-refractivity contribution in [3.8, 4) is 0 Å². The number of carbonyl (C=O) groups is 2. The Morgan fingerprint density at radius 3 is 1.12 bits per heavy atom. The van der Waals surface area contributed by atoms with Crippen LogP contribution in [0.4, 0.5) is 0 Å². The summed E-state index contributed by atoms with van der Waals surface area (Å²) in [6, 6.07) is 0. The Balaban J connectivity index is -0.0000000480. The molecule has 0 unspecified atom stereocenters. The Hall–Kier alpha value is -0.646. The number of hydrogen-bond acceptors (Lipinski definition) is 2. The van der Waals surface area contributed by atoms with Crippen molar-refractivity contribution in [1.29, 1.82) is 0 Å². The number of unbranched alkanes of at least 4 members (excludes halogenated alkanes) is 2. The third kappa shape index (κ3) is 50.6. The molecule has 17 heavy (non-hydrogen) atoms. The van der Waals surface area contributed by atoms with Crippen LogP contribution in [-0.4, -0.2) is 33.1 Å². The van der Waals surface area contributed by atoms with Crippen LogP contribution < -0.4 is 0 Å². The van der Waals surface area contributed by atoms with Crippen molar-refractivity contribution in [3.63, 3.8) is 0 Å². The molecule has 7 heteroatoms. The van der Waals surface area contributed by atoms with Crippen LogP contribution in [0.3, 0.4) is 0 Å². The molecule has 0 aliphatic rings. The van der Waals surface area contributed by atoms with Crippen LogP contribution in [0.15, 0.2) is 0 Å². The van der Waals surface area contributed by atoms with Crippen molar-refractivity contribution in [3.05, 3.63) is 0 Å². The summed E-state index contributed by atoms with van der Waals surface area (Å²) >= 11 is 0. The maximum Gasteiger partial charge on any atom is 0.303 e. The van der Waals surface area contributed by atoms with Crippen LogP contribution in [0, 0.1) is 0 Å². The summed E-state index contributed by atoms with van der Waals surface area (Å²) in [5.74, 6) is -1.39. The van der Waals surface area contributed by atoms with Gasteiger partial charge in [-0.25, -0.2) is 0 Å². The monoisotopic (exact) mass is 298 g/mol. The number of carboxylic acid groups (broad SMARTS) is 2. The number of carboxylic acids is 2. The van der Waals surface area contributed by atoms with Gasteiger partial charge in [0.25, 0.3) is 0 Å². The van der Waals surface area contributed by atoms with Crippen LogP contribution in [0.1, 0.15) is 52.4 Å². The number of rotatable bonds is 6. The fourth-order valence-electron chi connectivity index (χ4n) is 0.656. The molecule has 0 aromatic carbocycles. The van der Waals surface area contributed by atoms with E-state index in [9.17, 15) is 9.59 Å². The Morgan fingerprint density at radius 2 is 1.06 bits per heavy atom. The van der Waals surface area contributed by atoms with Crippen LogP contribution >= 0.6 is 0 Å². The van der Waals surface area contributed by atoms with Crippen molar-refractivity contribution in [1.82, 2.24) is 0 Å². The van der Waals surface area contributed by atoms with E-state index in [1.54, 1.807) is 0 Å². The average molecular weight is 299 g/mol. The van der Waals surface area contributed by atoms with Gasteiger partial charge in [0.1, 0.15) is 0 Å². The molecule has 110 valence electrons. The van der Waals surface area contributed by atoms with Gasteiger partial charge in [0.2, 0.25) is 0 Å². The summed E-state index contributed by atoms with van der Waals surface area (Å²) in [6.45, 7) is 3.95. The van der Waals surface area contributed by atoms with Gasteiger partial charge in [0.05, 0.1) is 0 Å². The SMILES string of the molecule is CCCCC(=O)O.CCCCC(=O)O.O.O.[Ni]. The van der Waals surface area contributed by atoms with Crippen molar-refractivity contribution < 1.29 is 47.2 Å². The van der Waals surface area contributed by atoms with Gasteiger partial charge in [-0.05, 0) is 12.8 Å². The molecule has 0 aliphatic carbocycles. The standard InChI is InChI=1S/2C5H10O2.Ni.2H2O/c2*1-2-3-4-5(6)7;;;/h2*2-4H2,1H3,(H,6,7);;2*1H2. The van der Waals surface area contributed by atoms with Crippen LogP contribution in [-0.2, 0) is 26.1 Å². The number of hydrogen-bond donors (Lipinski definition) is 2. The van der Waals surface area contributed by atoms with Crippen LogP contribution in [0.5, 0.6) is 0 Å². The Bertz CT molecular complexity index is 145. The molecule has 0 amide bonds. The molecule has 0 saturated heterocycles. The molecule has 0 fully saturated rings. The first-order valence-corrected chi connectivity index (χ1v) is 4.98. The predicted molar refractivity (Wildman–Crippen MR) is 61.5 cm³/mol. The largest absolute Gasteiger partial charge is 0.481 e. The molecule has 0 spiro atoms. The zero-order valence-electron chi connectivity index (χ0n) is 10.3. The van der Waals surface area contributed by atoms with Crippen LogP contribution in [0.25, 0.3) is 0 Å². The zero-order valence-corrected chi connectivity index (χ0v) is 11.3. The minimum Gasteiger partial charge on any atom is -0.481 e. The Kier molecular flexibility index (Phi) is 43.2. The Morgan fingerprint density at radius 1 is 0.824 bits per heavy atom. The second kappa shape index (κ2) is 24.5. The average Bonchev–Trinajstić information content (AvgIpc) is 2.12. The van der Waals surface area contributed by atoms with E-state index in [-0.39, 0.29) is 27.4 Å². The zero-order chi connectivity index (χ0) is 11.4. The van der Waals surface area contributed by atoms with Gasteiger partial charge >= 0.3 is 11.9 Å². The van der Waals surface area contributed by atoms with E-state index in [1.165, 1.54) is 0 Å². The fourth-order valence-corrected chi connectivity index (χ4v) is 0.656. The van der Waals surface area contributed by atoms with E-state index in [4.69, 9.17) is 10.2 Å². The molecule has 0 aromatic heterocycles. The predicted octanol–water partition coefficient (Wildman–Crippen LogP) is 0.870. The summed E-state index contributed by atoms with van der Waals surface area (Å²) in [5, 5.41) is 16.1. The minimum absolute atomic E-state index is 0. The summed E-state index contributed by atoms with van der Waals surface area (Å²) in [5.41, 5.74) is 0. The van der Waals surface area contributed by atoms with E-state index in [0.717, 1.165) is 25.7 Å². The Labute approximate surface area is 112 Å². The van der Waals surface area contributed by atoms with Crippen molar-refractivity contribution in [2.75, 3.05) is 0 Å². The van der Waals surface area contributed by atoms with E-state index >= 15 is 0 Å². The van der Waals surface area contributed by atoms with Gasteiger partial charge in [-0.3, -0.25) is 9.59 Å². The van der Waals surface area contributed by atoms with Gasteiger partial charge in [0, 0.05) is 29.3 Å². The molecule has 0 heterocycles. The molecule has 0 atom stereocenters.